The molecule has 7 heteroatoms. The second-order valence-corrected chi connectivity index (χ2v) is 6.02. The van der Waals surface area contributed by atoms with Gasteiger partial charge in [0.25, 0.3) is 5.69 Å². The van der Waals surface area contributed by atoms with Gasteiger partial charge in [0.05, 0.1) is 10.7 Å². The maximum Gasteiger partial charge on any atom is 0.274 e. The predicted molar refractivity (Wildman–Crippen MR) is 66.0 cm³/mol. The zero-order valence-corrected chi connectivity index (χ0v) is 10.5. The molecule has 0 aliphatic carbocycles. The molecule has 1 aromatic carbocycles. The van der Waals surface area contributed by atoms with Gasteiger partial charge >= 0.3 is 0 Å². The molecular formula is C10H14N2O4S. The molecule has 0 heterocycles. The molecule has 0 saturated heterocycles. The molecule has 0 unspecified atom stereocenters. The minimum atomic E-state index is -3.03. The molecule has 0 aliphatic heterocycles. The van der Waals surface area contributed by atoms with Crippen LogP contribution >= 0.6 is 0 Å². The lowest BCUT2D eigenvalue weighted by molar-refractivity contribution is -0.385. The van der Waals surface area contributed by atoms with E-state index >= 15 is 0 Å². The lowest BCUT2D eigenvalue weighted by Crippen LogP contribution is -2.14. The van der Waals surface area contributed by atoms with E-state index in [-0.39, 0.29) is 18.0 Å². The number of hydrogen-bond donors (Lipinski definition) is 1. The van der Waals surface area contributed by atoms with Crippen molar-refractivity contribution >= 4 is 21.2 Å². The van der Waals surface area contributed by atoms with Gasteiger partial charge in [-0.25, -0.2) is 8.42 Å². The number of benzene rings is 1. The summed E-state index contributed by atoms with van der Waals surface area (Å²) in [7, 11) is -3.03. The lowest BCUT2D eigenvalue weighted by Gasteiger charge is -2.08. The monoisotopic (exact) mass is 258 g/mol. The fourth-order valence-electron chi connectivity index (χ4n) is 1.38. The Morgan fingerprint density at radius 1 is 1.41 bits per heavy atom. The molecule has 1 rings (SSSR count). The molecule has 0 aromatic heterocycles. The molecule has 0 aliphatic rings. The molecule has 1 N–H and O–H groups in total. The number of nitrogens with zero attached hydrogens (tertiary/aromatic N) is 1. The molecular weight excluding hydrogens is 244 g/mol. The average molecular weight is 258 g/mol. The fourth-order valence-corrected chi connectivity index (χ4v) is 1.86. The van der Waals surface area contributed by atoms with E-state index in [1.54, 1.807) is 19.1 Å². The topological polar surface area (TPSA) is 89.3 Å². The maximum atomic E-state index is 10.9. The molecule has 94 valence electrons. The summed E-state index contributed by atoms with van der Waals surface area (Å²) in [5.74, 6) is -0.00483. The second-order valence-electron chi connectivity index (χ2n) is 3.76. The second kappa shape index (κ2) is 5.13. The normalized spacial score (nSPS) is 11.2. The summed E-state index contributed by atoms with van der Waals surface area (Å²) in [6, 6.07) is 4.66. The van der Waals surface area contributed by atoms with Crippen LogP contribution in [0.4, 0.5) is 11.4 Å². The molecule has 0 atom stereocenters. The van der Waals surface area contributed by atoms with Crippen LogP contribution in [0.2, 0.25) is 0 Å². The average Bonchev–Trinajstić information content (AvgIpc) is 2.18. The number of rotatable bonds is 5. The van der Waals surface area contributed by atoms with Gasteiger partial charge in [-0.1, -0.05) is 6.07 Å². The van der Waals surface area contributed by atoms with Crippen LogP contribution in [0.15, 0.2) is 18.2 Å². The van der Waals surface area contributed by atoms with E-state index in [1.165, 1.54) is 6.07 Å². The van der Waals surface area contributed by atoms with Crippen molar-refractivity contribution < 1.29 is 13.3 Å². The number of anilines is 1. The highest BCUT2D eigenvalue weighted by atomic mass is 32.2. The molecule has 0 fully saturated rings. The minimum absolute atomic E-state index is 0.00483. The van der Waals surface area contributed by atoms with Crippen LogP contribution in [0, 0.1) is 17.0 Å². The van der Waals surface area contributed by atoms with Gasteiger partial charge in [0.15, 0.2) is 0 Å². The van der Waals surface area contributed by atoms with Crippen molar-refractivity contribution in [2.75, 3.05) is 23.9 Å². The first-order chi connectivity index (χ1) is 7.81. The van der Waals surface area contributed by atoms with Gasteiger partial charge in [-0.15, -0.1) is 0 Å². The number of nitro benzene ring substituents is 1. The van der Waals surface area contributed by atoms with E-state index in [2.05, 4.69) is 5.32 Å². The van der Waals surface area contributed by atoms with Gasteiger partial charge in [0.1, 0.15) is 9.84 Å². The number of sulfone groups is 1. The van der Waals surface area contributed by atoms with Crippen LogP contribution in [-0.2, 0) is 9.84 Å². The quantitative estimate of drug-likeness (QED) is 0.636. The Morgan fingerprint density at radius 2 is 2.06 bits per heavy atom. The van der Waals surface area contributed by atoms with E-state index < -0.39 is 14.8 Å². The summed E-state index contributed by atoms with van der Waals surface area (Å²) in [6.45, 7) is 1.86. The van der Waals surface area contributed by atoms with Gasteiger partial charge in [-0.3, -0.25) is 10.1 Å². The molecule has 0 radical (unpaired) electrons. The summed E-state index contributed by atoms with van der Waals surface area (Å²) in [5, 5.41) is 13.6. The minimum Gasteiger partial charge on any atom is -0.384 e. The first-order valence-electron chi connectivity index (χ1n) is 4.97. The van der Waals surface area contributed by atoms with Crippen molar-refractivity contribution in [2.45, 2.75) is 6.92 Å². The highest BCUT2D eigenvalue weighted by molar-refractivity contribution is 7.90. The standard InChI is InChI=1S/C10H14N2O4S/c1-8-9(11-6-7-17(2,15)16)4-3-5-10(8)12(13)14/h3-5,11H,6-7H2,1-2H3. The van der Waals surface area contributed by atoms with E-state index in [1.807, 2.05) is 0 Å². The Labute approximate surface area is 99.7 Å². The Morgan fingerprint density at radius 3 is 2.59 bits per heavy atom. The van der Waals surface area contributed by atoms with Crippen molar-refractivity contribution in [2.24, 2.45) is 0 Å². The third kappa shape index (κ3) is 4.03. The Bertz CT molecular complexity index is 525. The first kappa shape index (κ1) is 13.4. The maximum absolute atomic E-state index is 10.9. The van der Waals surface area contributed by atoms with Crippen LogP contribution in [0.5, 0.6) is 0 Å². The lowest BCUT2D eigenvalue weighted by atomic mass is 10.1. The Hall–Kier alpha value is -1.63. The Kier molecular flexibility index (Phi) is 4.06. The molecule has 6 nitrogen and oxygen atoms in total. The molecule has 0 saturated carbocycles. The highest BCUT2D eigenvalue weighted by Gasteiger charge is 2.13. The summed E-state index contributed by atoms with van der Waals surface area (Å²) in [4.78, 5) is 10.2. The fraction of sp³-hybridized carbons (Fsp3) is 0.400. The van der Waals surface area contributed by atoms with Crippen LogP contribution in [0.3, 0.4) is 0 Å². The largest absolute Gasteiger partial charge is 0.384 e. The summed E-state index contributed by atoms with van der Waals surface area (Å²) in [6.07, 6.45) is 1.15. The third-order valence-corrected chi connectivity index (χ3v) is 3.24. The van der Waals surface area contributed by atoms with Crippen LogP contribution in [0.1, 0.15) is 5.56 Å². The van der Waals surface area contributed by atoms with Crippen LogP contribution in [0.25, 0.3) is 0 Å². The zero-order valence-electron chi connectivity index (χ0n) is 9.63. The summed E-state index contributed by atoms with van der Waals surface area (Å²) in [5.41, 5.74) is 1.11. The molecule has 0 spiro atoms. The van der Waals surface area contributed by atoms with E-state index in [0.717, 1.165) is 6.26 Å². The van der Waals surface area contributed by atoms with Crippen LogP contribution in [-0.4, -0.2) is 31.9 Å². The van der Waals surface area contributed by atoms with Gasteiger partial charge < -0.3 is 5.32 Å². The van der Waals surface area contributed by atoms with Gasteiger partial charge in [-0.2, -0.15) is 0 Å². The molecule has 0 bridgehead atoms. The summed E-state index contributed by atoms with van der Waals surface area (Å²) >= 11 is 0. The highest BCUT2D eigenvalue weighted by Crippen LogP contribution is 2.24. The van der Waals surface area contributed by atoms with Gasteiger partial charge in [-0.05, 0) is 13.0 Å². The Balaban J connectivity index is 2.79. The van der Waals surface area contributed by atoms with E-state index in [9.17, 15) is 18.5 Å². The van der Waals surface area contributed by atoms with Crippen molar-refractivity contribution in [1.82, 2.24) is 0 Å². The van der Waals surface area contributed by atoms with E-state index in [0.29, 0.717) is 11.3 Å². The van der Waals surface area contributed by atoms with Gasteiger partial charge in [0.2, 0.25) is 0 Å². The first-order valence-corrected chi connectivity index (χ1v) is 7.03. The number of hydrogen-bond acceptors (Lipinski definition) is 5. The number of nitrogens with one attached hydrogen (secondary N) is 1. The van der Waals surface area contributed by atoms with Crippen molar-refractivity contribution in [1.29, 1.82) is 0 Å². The SMILES string of the molecule is Cc1c(NCCS(C)(=O)=O)cccc1[N+](=O)[O-]. The summed E-state index contributed by atoms with van der Waals surface area (Å²) < 4.78 is 21.9. The van der Waals surface area contributed by atoms with Crippen molar-refractivity contribution in [3.8, 4) is 0 Å². The van der Waals surface area contributed by atoms with Crippen molar-refractivity contribution in [3.63, 3.8) is 0 Å². The number of nitro groups is 1. The smallest absolute Gasteiger partial charge is 0.274 e. The molecule has 1 aromatic rings. The van der Waals surface area contributed by atoms with E-state index in [4.69, 9.17) is 0 Å². The zero-order chi connectivity index (χ0) is 13.1. The van der Waals surface area contributed by atoms with Gasteiger partial charge in [0, 0.05) is 30.1 Å². The predicted octanol–water partition coefficient (Wildman–Crippen LogP) is 1.36. The van der Waals surface area contributed by atoms with Crippen molar-refractivity contribution in [3.05, 3.63) is 33.9 Å². The molecule has 0 amide bonds. The third-order valence-electron chi connectivity index (χ3n) is 2.29. The molecule has 17 heavy (non-hydrogen) atoms. The van der Waals surface area contributed by atoms with Crippen LogP contribution < -0.4 is 5.32 Å².